The minimum Gasteiger partial charge on any atom is -0.544 e. The predicted octanol–water partition coefficient (Wildman–Crippen LogP) is 2.03. The maximum Gasteiger partial charge on any atom is 0.359 e. The molecule has 0 rings (SSSR count). The topological polar surface area (TPSA) is 115 Å². The van der Waals surface area contributed by atoms with E-state index in [2.05, 4.69) is 6.92 Å². The molecular formula is C19H35NO6. The molecular weight excluding hydrogens is 338 g/mol. The maximum atomic E-state index is 11.1. The third-order valence-electron chi connectivity index (χ3n) is 4.64. The summed E-state index contributed by atoms with van der Waals surface area (Å²) in [4.78, 5) is 33.1. The Hall–Kier alpha value is -1.63. The zero-order valence-electron chi connectivity index (χ0n) is 16.1. The summed E-state index contributed by atoms with van der Waals surface area (Å²) >= 11 is 0. The van der Waals surface area contributed by atoms with E-state index in [1.54, 1.807) is 0 Å². The lowest BCUT2D eigenvalue weighted by atomic mass is 10.1. The summed E-state index contributed by atoms with van der Waals surface area (Å²) in [5, 5.41) is 29.0. The molecule has 0 saturated carbocycles. The lowest BCUT2D eigenvalue weighted by molar-refractivity contribution is -0.909. The Morgan fingerprint density at radius 2 is 1.08 bits per heavy atom. The molecule has 0 aliphatic carbocycles. The molecule has 0 heterocycles. The van der Waals surface area contributed by atoms with Gasteiger partial charge in [0.2, 0.25) is 0 Å². The van der Waals surface area contributed by atoms with Crippen LogP contribution in [0.5, 0.6) is 0 Å². The van der Waals surface area contributed by atoms with Crippen LogP contribution in [0, 0.1) is 0 Å². The molecule has 0 aromatic heterocycles. The van der Waals surface area contributed by atoms with Gasteiger partial charge in [-0.15, -0.1) is 0 Å². The summed E-state index contributed by atoms with van der Waals surface area (Å²) in [5.41, 5.74) is 0. The number of carboxylic acids is 3. The minimum atomic E-state index is -1.42. The molecule has 152 valence electrons. The highest BCUT2D eigenvalue weighted by atomic mass is 16.4. The molecule has 7 heteroatoms. The van der Waals surface area contributed by atoms with Crippen LogP contribution in [0.1, 0.15) is 77.6 Å². The van der Waals surface area contributed by atoms with Gasteiger partial charge in [0.15, 0.2) is 13.1 Å². The van der Waals surface area contributed by atoms with E-state index < -0.39 is 42.0 Å². The van der Waals surface area contributed by atoms with Crippen molar-refractivity contribution in [3.05, 3.63) is 0 Å². The van der Waals surface area contributed by atoms with Crippen molar-refractivity contribution in [2.75, 3.05) is 26.2 Å². The Bertz CT molecular complexity index is 383. The molecule has 0 aliphatic rings. The summed E-state index contributed by atoms with van der Waals surface area (Å²) in [6, 6.07) is 0. The number of unbranched alkanes of at least 4 members (excludes halogenated alkanes) is 10. The van der Waals surface area contributed by atoms with E-state index in [9.17, 15) is 19.5 Å². The number of quaternary nitrogens is 1. The van der Waals surface area contributed by atoms with Crippen molar-refractivity contribution in [3.63, 3.8) is 0 Å². The second-order valence-corrected chi connectivity index (χ2v) is 7.23. The van der Waals surface area contributed by atoms with Gasteiger partial charge in [0.05, 0.1) is 12.5 Å². The van der Waals surface area contributed by atoms with Crippen LogP contribution in [0.3, 0.4) is 0 Å². The monoisotopic (exact) mass is 373 g/mol. The Morgan fingerprint density at radius 3 is 1.42 bits per heavy atom. The first kappa shape index (κ1) is 24.4. The molecule has 0 saturated heterocycles. The van der Waals surface area contributed by atoms with Gasteiger partial charge in [-0.25, -0.2) is 9.59 Å². The van der Waals surface area contributed by atoms with E-state index in [-0.39, 0.29) is 6.54 Å². The van der Waals surface area contributed by atoms with Crippen molar-refractivity contribution in [1.82, 2.24) is 0 Å². The largest absolute Gasteiger partial charge is 0.544 e. The molecule has 0 unspecified atom stereocenters. The number of nitrogens with zero attached hydrogens (tertiary/aromatic N) is 1. The van der Waals surface area contributed by atoms with Crippen molar-refractivity contribution < 1.29 is 34.2 Å². The van der Waals surface area contributed by atoms with Gasteiger partial charge in [-0.1, -0.05) is 64.7 Å². The number of hydrogen-bond donors (Lipinski definition) is 2. The molecule has 0 aliphatic heterocycles. The molecule has 0 amide bonds. The average Bonchev–Trinajstić information content (AvgIpc) is 2.50. The number of carboxylic acid groups (broad SMARTS) is 3. The first-order valence-corrected chi connectivity index (χ1v) is 9.80. The number of rotatable bonds is 18. The van der Waals surface area contributed by atoms with Gasteiger partial charge in [-0.3, -0.25) is 0 Å². The fraction of sp³-hybridized carbons (Fsp3) is 0.842. The van der Waals surface area contributed by atoms with E-state index >= 15 is 0 Å². The van der Waals surface area contributed by atoms with Gasteiger partial charge in [-0.05, 0) is 12.8 Å². The molecule has 0 aromatic rings. The van der Waals surface area contributed by atoms with Crippen LogP contribution in [0.2, 0.25) is 0 Å². The SMILES string of the molecule is CCCCCCCCCCCCC[N+](CC(=O)[O-])(CC(=O)O)CC(=O)O. The van der Waals surface area contributed by atoms with Gasteiger partial charge in [0.25, 0.3) is 0 Å². The Morgan fingerprint density at radius 1 is 0.692 bits per heavy atom. The van der Waals surface area contributed by atoms with E-state index in [0.717, 1.165) is 19.3 Å². The lowest BCUT2D eigenvalue weighted by Crippen LogP contribution is -2.59. The number of carbonyl (C=O) groups excluding carboxylic acids is 1. The van der Waals surface area contributed by atoms with Crippen LogP contribution in [0.25, 0.3) is 0 Å². The fourth-order valence-corrected chi connectivity index (χ4v) is 3.36. The zero-order chi connectivity index (χ0) is 19.8. The Kier molecular flexibility index (Phi) is 13.6. The van der Waals surface area contributed by atoms with Crippen LogP contribution < -0.4 is 5.11 Å². The van der Waals surface area contributed by atoms with Gasteiger partial charge >= 0.3 is 11.9 Å². The van der Waals surface area contributed by atoms with Gasteiger partial charge < -0.3 is 24.6 Å². The summed E-state index contributed by atoms with van der Waals surface area (Å²) < 4.78 is -0.496. The molecule has 26 heavy (non-hydrogen) atoms. The van der Waals surface area contributed by atoms with Crippen LogP contribution in [0.4, 0.5) is 0 Å². The number of hydrogen-bond acceptors (Lipinski definition) is 4. The van der Waals surface area contributed by atoms with Crippen molar-refractivity contribution >= 4 is 17.9 Å². The third kappa shape index (κ3) is 13.6. The second-order valence-electron chi connectivity index (χ2n) is 7.23. The van der Waals surface area contributed by atoms with Crippen molar-refractivity contribution in [2.45, 2.75) is 77.6 Å². The first-order chi connectivity index (χ1) is 12.3. The second kappa shape index (κ2) is 14.5. The molecule has 0 aromatic carbocycles. The summed E-state index contributed by atoms with van der Waals surface area (Å²) in [6.45, 7) is 0.809. The van der Waals surface area contributed by atoms with Gasteiger partial charge in [0, 0.05) is 0 Å². The van der Waals surface area contributed by atoms with Crippen LogP contribution in [-0.2, 0) is 14.4 Å². The molecule has 0 radical (unpaired) electrons. The van der Waals surface area contributed by atoms with E-state index in [4.69, 9.17) is 10.2 Å². The Labute approximate surface area is 156 Å². The van der Waals surface area contributed by atoms with Crippen molar-refractivity contribution in [2.24, 2.45) is 0 Å². The summed E-state index contributed by atoms with van der Waals surface area (Å²) in [6.07, 6.45) is 12.4. The smallest absolute Gasteiger partial charge is 0.359 e. The van der Waals surface area contributed by atoms with E-state index in [1.165, 1.54) is 44.9 Å². The Balaban J connectivity index is 4.14. The summed E-state index contributed by atoms with van der Waals surface area (Å²) in [5.74, 6) is -3.82. The van der Waals surface area contributed by atoms with Crippen molar-refractivity contribution in [3.8, 4) is 0 Å². The van der Waals surface area contributed by atoms with Crippen LogP contribution in [0.15, 0.2) is 0 Å². The molecule has 0 bridgehead atoms. The first-order valence-electron chi connectivity index (χ1n) is 9.80. The molecule has 0 spiro atoms. The normalized spacial score (nSPS) is 11.4. The van der Waals surface area contributed by atoms with E-state index in [1.807, 2.05) is 0 Å². The van der Waals surface area contributed by atoms with Gasteiger partial charge in [-0.2, -0.15) is 0 Å². The van der Waals surface area contributed by atoms with E-state index in [0.29, 0.717) is 6.42 Å². The lowest BCUT2D eigenvalue weighted by Gasteiger charge is -2.36. The van der Waals surface area contributed by atoms with Gasteiger partial charge in [0.1, 0.15) is 6.54 Å². The third-order valence-corrected chi connectivity index (χ3v) is 4.64. The molecule has 7 nitrogen and oxygen atoms in total. The molecule has 0 atom stereocenters. The average molecular weight is 373 g/mol. The highest BCUT2D eigenvalue weighted by Crippen LogP contribution is 2.14. The molecule has 2 N–H and O–H groups in total. The number of carbonyl (C=O) groups is 3. The summed E-state index contributed by atoms with van der Waals surface area (Å²) in [7, 11) is 0. The van der Waals surface area contributed by atoms with Crippen LogP contribution in [-0.4, -0.2) is 58.8 Å². The zero-order valence-corrected chi connectivity index (χ0v) is 16.1. The van der Waals surface area contributed by atoms with Crippen molar-refractivity contribution in [1.29, 1.82) is 0 Å². The highest BCUT2D eigenvalue weighted by Gasteiger charge is 2.33. The molecule has 0 fully saturated rings. The number of aliphatic carboxylic acids is 3. The standard InChI is InChI=1S/C19H35NO6/c1-2-3-4-5-6-7-8-9-10-11-12-13-20(14-17(21)22,15-18(23)24)16-19(25)26/h2-16H2,1H3,(H2-,21,22,23,24,25,26). The van der Waals surface area contributed by atoms with Crippen LogP contribution >= 0.6 is 0 Å². The quantitative estimate of drug-likeness (QED) is 0.281. The highest BCUT2D eigenvalue weighted by molar-refractivity contribution is 5.72. The predicted molar refractivity (Wildman–Crippen MR) is 96.5 cm³/mol. The maximum absolute atomic E-state index is 11.1. The minimum absolute atomic E-state index is 0.226. The fourth-order valence-electron chi connectivity index (χ4n) is 3.36.